The molecule has 1 heterocycles. The Kier molecular flexibility index (Phi) is 8.18. The number of thiazole rings is 1. The number of ether oxygens (including phenoxy) is 2. The summed E-state index contributed by atoms with van der Waals surface area (Å²) < 4.78 is 11.6. The van der Waals surface area contributed by atoms with E-state index in [0.29, 0.717) is 18.0 Å². The lowest BCUT2D eigenvalue weighted by Gasteiger charge is -2.14. The highest BCUT2D eigenvalue weighted by Crippen LogP contribution is 2.33. The molecule has 0 spiro atoms. The molecule has 0 amide bonds. The van der Waals surface area contributed by atoms with E-state index < -0.39 is 0 Å². The first-order valence-electron chi connectivity index (χ1n) is 8.39. The molecule has 0 atom stereocenters. The third-order valence-electron chi connectivity index (χ3n) is 3.80. The summed E-state index contributed by atoms with van der Waals surface area (Å²) in [6.07, 6.45) is 3.88. The number of guanidine groups is 1. The Labute approximate surface area is 167 Å². The summed E-state index contributed by atoms with van der Waals surface area (Å²) in [4.78, 5) is 10.0. The van der Waals surface area contributed by atoms with E-state index in [1.807, 2.05) is 18.3 Å². The van der Waals surface area contributed by atoms with Gasteiger partial charge in [-0.1, -0.05) is 22.9 Å². The van der Waals surface area contributed by atoms with Gasteiger partial charge in [0.25, 0.3) is 0 Å². The number of nitrogens with one attached hydrogen (secondary N) is 2. The fourth-order valence-corrected chi connectivity index (χ4v) is 3.67. The van der Waals surface area contributed by atoms with Gasteiger partial charge in [0.05, 0.1) is 19.2 Å². The normalized spacial score (nSPS) is 11.3. The second kappa shape index (κ2) is 10.4. The van der Waals surface area contributed by atoms with E-state index in [1.54, 1.807) is 32.6 Å². The van der Waals surface area contributed by atoms with Gasteiger partial charge in [-0.15, -0.1) is 11.3 Å². The Morgan fingerprint density at radius 1 is 1.23 bits per heavy atom. The van der Waals surface area contributed by atoms with Crippen molar-refractivity contribution in [3.63, 3.8) is 0 Å². The summed E-state index contributed by atoms with van der Waals surface area (Å²) in [7, 11) is 5.02. The predicted molar refractivity (Wildman–Crippen MR) is 111 cm³/mol. The number of rotatable bonds is 8. The molecule has 0 aliphatic heterocycles. The molecule has 0 aliphatic rings. The van der Waals surface area contributed by atoms with Crippen LogP contribution in [-0.4, -0.2) is 38.8 Å². The van der Waals surface area contributed by atoms with Crippen LogP contribution in [0.2, 0.25) is 0 Å². The van der Waals surface area contributed by atoms with Crippen LogP contribution in [0.5, 0.6) is 11.5 Å². The number of methoxy groups -OCH3 is 2. The van der Waals surface area contributed by atoms with Crippen molar-refractivity contribution in [2.45, 2.75) is 26.3 Å². The van der Waals surface area contributed by atoms with E-state index in [1.165, 1.54) is 4.88 Å². The first-order valence-corrected chi connectivity index (χ1v) is 10.0. The standard InChI is InChI=1S/C18H25BrN4O2S/c1-5-13-11-22-17(26-13)6-7-21-18(20-2)23-10-12-8-15(24-3)16(25-4)9-14(12)19/h8-9,11H,5-7,10H2,1-4H3,(H2,20,21,23). The van der Waals surface area contributed by atoms with Crippen LogP contribution < -0.4 is 20.1 Å². The highest BCUT2D eigenvalue weighted by molar-refractivity contribution is 9.10. The fourth-order valence-electron chi connectivity index (χ4n) is 2.35. The number of aromatic nitrogens is 1. The maximum absolute atomic E-state index is 5.36. The van der Waals surface area contributed by atoms with Gasteiger partial charge in [0.1, 0.15) is 0 Å². The second-order valence-corrected chi connectivity index (χ2v) is 7.53. The number of aryl methyl sites for hydroxylation is 1. The molecule has 2 N–H and O–H groups in total. The van der Waals surface area contributed by atoms with Gasteiger partial charge in [-0.3, -0.25) is 4.99 Å². The van der Waals surface area contributed by atoms with Gasteiger partial charge < -0.3 is 20.1 Å². The molecule has 0 unspecified atom stereocenters. The molecule has 6 nitrogen and oxygen atoms in total. The molecule has 1 aromatic heterocycles. The van der Waals surface area contributed by atoms with E-state index in [9.17, 15) is 0 Å². The molecule has 0 saturated heterocycles. The quantitative estimate of drug-likeness (QED) is 0.486. The van der Waals surface area contributed by atoms with Crippen LogP contribution in [0.1, 0.15) is 22.4 Å². The SMILES string of the molecule is CCc1cnc(CCNC(=NC)NCc2cc(OC)c(OC)cc2Br)s1. The van der Waals surface area contributed by atoms with Gasteiger partial charge in [-0.2, -0.15) is 0 Å². The van der Waals surface area contributed by atoms with E-state index in [2.05, 4.69) is 43.5 Å². The Morgan fingerprint density at radius 3 is 2.58 bits per heavy atom. The van der Waals surface area contributed by atoms with E-state index in [0.717, 1.165) is 40.4 Å². The first kappa shape index (κ1) is 20.5. The van der Waals surface area contributed by atoms with Crippen LogP contribution in [0.4, 0.5) is 0 Å². The zero-order valence-electron chi connectivity index (χ0n) is 15.6. The van der Waals surface area contributed by atoms with Gasteiger partial charge in [-0.05, 0) is 24.1 Å². The summed E-state index contributed by atoms with van der Waals surface area (Å²) in [5.74, 6) is 2.14. The Hall–Kier alpha value is -1.80. The van der Waals surface area contributed by atoms with Crippen molar-refractivity contribution in [3.8, 4) is 11.5 Å². The number of benzene rings is 1. The zero-order valence-corrected chi connectivity index (χ0v) is 18.0. The fraction of sp³-hybridized carbons (Fsp3) is 0.444. The Bertz CT molecular complexity index is 749. The smallest absolute Gasteiger partial charge is 0.191 e. The number of hydrogen-bond donors (Lipinski definition) is 2. The topological polar surface area (TPSA) is 67.8 Å². The average molecular weight is 441 g/mol. The highest BCUT2D eigenvalue weighted by atomic mass is 79.9. The molecular formula is C18H25BrN4O2S. The second-order valence-electron chi connectivity index (χ2n) is 5.48. The van der Waals surface area contributed by atoms with E-state index in [-0.39, 0.29) is 0 Å². The largest absolute Gasteiger partial charge is 0.493 e. The van der Waals surface area contributed by atoms with Crippen LogP contribution in [0.3, 0.4) is 0 Å². The van der Waals surface area contributed by atoms with Crippen LogP contribution >= 0.6 is 27.3 Å². The van der Waals surface area contributed by atoms with Gasteiger partial charge in [0.15, 0.2) is 17.5 Å². The van der Waals surface area contributed by atoms with Gasteiger partial charge in [-0.25, -0.2) is 4.98 Å². The molecule has 0 saturated carbocycles. The van der Waals surface area contributed by atoms with Crippen molar-refractivity contribution in [2.75, 3.05) is 27.8 Å². The van der Waals surface area contributed by atoms with E-state index >= 15 is 0 Å². The highest BCUT2D eigenvalue weighted by Gasteiger charge is 2.10. The molecule has 2 aromatic rings. The number of halogens is 1. The number of nitrogens with zero attached hydrogens (tertiary/aromatic N) is 2. The molecule has 142 valence electrons. The van der Waals surface area contributed by atoms with Crippen LogP contribution in [0.25, 0.3) is 0 Å². The minimum Gasteiger partial charge on any atom is -0.493 e. The average Bonchev–Trinajstić information content (AvgIpc) is 3.12. The molecule has 0 fully saturated rings. The molecule has 8 heteroatoms. The van der Waals surface area contributed by atoms with Crippen molar-refractivity contribution >= 4 is 33.2 Å². The summed E-state index contributed by atoms with van der Waals surface area (Å²) >= 11 is 5.34. The molecular weight excluding hydrogens is 416 g/mol. The summed E-state index contributed by atoms with van der Waals surface area (Å²) in [5.41, 5.74) is 1.05. The van der Waals surface area contributed by atoms with Crippen LogP contribution in [0.15, 0.2) is 27.8 Å². The van der Waals surface area contributed by atoms with Crippen molar-refractivity contribution in [3.05, 3.63) is 38.3 Å². The summed E-state index contributed by atoms with van der Waals surface area (Å²) in [6.45, 7) is 3.54. The lowest BCUT2D eigenvalue weighted by Crippen LogP contribution is -2.37. The van der Waals surface area contributed by atoms with Gasteiger partial charge >= 0.3 is 0 Å². The van der Waals surface area contributed by atoms with Gasteiger partial charge in [0, 0.05) is 42.1 Å². The van der Waals surface area contributed by atoms with Crippen molar-refractivity contribution < 1.29 is 9.47 Å². The van der Waals surface area contributed by atoms with Crippen molar-refractivity contribution in [2.24, 2.45) is 4.99 Å². The Morgan fingerprint density at radius 2 is 1.96 bits per heavy atom. The maximum Gasteiger partial charge on any atom is 0.191 e. The molecule has 2 rings (SSSR count). The number of aliphatic imine (C=N–C) groups is 1. The molecule has 26 heavy (non-hydrogen) atoms. The van der Waals surface area contributed by atoms with Crippen LogP contribution in [-0.2, 0) is 19.4 Å². The first-order chi connectivity index (χ1) is 12.6. The predicted octanol–water partition coefficient (Wildman–Crippen LogP) is 3.39. The van der Waals surface area contributed by atoms with Gasteiger partial charge in [0.2, 0.25) is 0 Å². The van der Waals surface area contributed by atoms with Crippen molar-refractivity contribution in [1.82, 2.24) is 15.6 Å². The van der Waals surface area contributed by atoms with Crippen molar-refractivity contribution in [1.29, 1.82) is 0 Å². The molecule has 1 aromatic carbocycles. The third-order valence-corrected chi connectivity index (χ3v) is 5.74. The zero-order chi connectivity index (χ0) is 18.9. The minimum absolute atomic E-state index is 0.609. The summed E-state index contributed by atoms with van der Waals surface area (Å²) in [6, 6.07) is 3.85. The van der Waals surface area contributed by atoms with E-state index in [4.69, 9.17) is 9.47 Å². The van der Waals surface area contributed by atoms with Crippen LogP contribution in [0, 0.1) is 0 Å². The number of hydrogen-bond acceptors (Lipinski definition) is 5. The summed E-state index contributed by atoms with van der Waals surface area (Å²) in [5, 5.41) is 7.78. The maximum atomic E-state index is 5.36. The lowest BCUT2D eigenvalue weighted by molar-refractivity contribution is 0.354. The molecule has 0 aliphatic carbocycles. The monoisotopic (exact) mass is 440 g/mol. The lowest BCUT2D eigenvalue weighted by atomic mass is 10.2. The third kappa shape index (κ3) is 5.60. The molecule has 0 bridgehead atoms. The minimum atomic E-state index is 0.609. The Balaban J connectivity index is 1.88. The molecule has 0 radical (unpaired) electrons.